The van der Waals surface area contributed by atoms with E-state index < -0.39 is 10.9 Å². The van der Waals surface area contributed by atoms with Crippen LogP contribution in [0.4, 0.5) is 5.69 Å². The lowest BCUT2D eigenvalue weighted by molar-refractivity contribution is -0.385. The first kappa shape index (κ1) is 19.7. The van der Waals surface area contributed by atoms with E-state index in [9.17, 15) is 19.7 Å². The van der Waals surface area contributed by atoms with Gasteiger partial charge in [0, 0.05) is 36.0 Å². The van der Waals surface area contributed by atoms with E-state index in [1.165, 1.54) is 18.2 Å². The van der Waals surface area contributed by atoms with Crippen molar-refractivity contribution >= 4 is 23.7 Å². The summed E-state index contributed by atoms with van der Waals surface area (Å²) in [5.41, 5.74) is 1.05. The molecule has 1 heterocycles. The van der Waals surface area contributed by atoms with Gasteiger partial charge in [0.15, 0.2) is 6.29 Å². The number of aliphatic carboxylic acids is 1. The summed E-state index contributed by atoms with van der Waals surface area (Å²) in [6.07, 6.45) is 4.56. The molecule has 9 heteroatoms. The molecular weight excluding hydrogens is 354 g/mol. The Morgan fingerprint density at radius 1 is 1.30 bits per heavy atom. The summed E-state index contributed by atoms with van der Waals surface area (Å²) in [5.74, 6) is -0.873. The summed E-state index contributed by atoms with van der Waals surface area (Å²) in [4.78, 5) is 41.3. The van der Waals surface area contributed by atoms with Crippen LogP contribution in [0, 0.1) is 10.1 Å². The molecule has 0 bridgehead atoms. The molecule has 1 aromatic heterocycles. The van der Waals surface area contributed by atoms with Crippen LogP contribution in [-0.2, 0) is 9.63 Å². The first-order valence-electron chi connectivity index (χ1n) is 8.09. The monoisotopic (exact) mass is 371 g/mol. The summed E-state index contributed by atoms with van der Waals surface area (Å²) in [7, 11) is 0. The van der Waals surface area contributed by atoms with Crippen molar-refractivity contribution in [1.29, 1.82) is 0 Å². The Balaban J connectivity index is 2.25. The predicted octanol–water partition coefficient (Wildman–Crippen LogP) is 2.83. The van der Waals surface area contributed by atoms with Crippen molar-refractivity contribution in [1.82, 2.24) is 4.98 Å². The highest BCUT2D eigenvalue weighted by Gasteiger charge is 2.17. The number of carboxylic acid groups (broad SMARTS) is 1. The van der Waals surface area contributed by atoms with Gasteiger partial charge in [0.2, 0.25) is 0 Å². The van der Waals surface area contributed by atoms with Gasteiger partial charge in [-0.25, -0.2) is 0 Å². The highest BCUT2D eigenvalue weighted by molar-refractivity contribution is 6.13. The molecular formula is C18H17N3O6. The maximum absolute atomic E-state index is 11.2. The summed E-state index contributed by atoms with van der Waals surface area (Å²) in [6.45, 7) is 0.213. The Kier molecular flexibility index (Phi) is 7.12. The molecule has 0 radical (unpaired) electrons. The minimum atomic E-state index is -0.873. The average Bonchev–Trinajstić information content (AvgIpc) is 2.67. The third-order valence-electron chi connectivity index (χ3n) is 3.59. The molecule has 0 saturated heterocycles. The second-order valence-corrected chi connectivity index (χ2v) is 5.51. The number of aromatic nitrogens is 1. The molecule has 0 spiro atoms. The lowest BCUT2D eigenvalue weighted by atomic mass is 10.0. The largest absolute Gasteiger partial charge is 0.481 e. The molecule has 0 amide bonds. The van der Waals surface area contributed by atoms with Gasteiger partial charge in [0.05, 0.1) is 10.5 Å². The number of oxime groups is 1. The molecule has 27 heavy (non-hydrogen) atoms. The number of carboxylic acids is 1. The standard InChI is InChI=1S/C18H17N3O6/c22-12-15-10-13(6-7-16(15)21(25)26)18(14-4-3-8-19-11-14)20-27-9-2-1-5-17(23)24/h3-4,6-8,10-12H,1-2,5,9H2,(H,23,24)/b20-18+. The zero-order chi connectivity index (χ0) is 19.6. The summed E-state index contributed by atoms with van der Waals surface area (Å²) < 4.78 is 0. The second kappa shape index (κ2) is 9.76. The first-order valence-corrected chi connectivity index (χ1v) is 8.09. The topological polar surface area (TPSA) is 132 Å². The van der Waals surface area contributed by atoms with Crippen molar-refractivity contribution in [2.75, 3.05) is 6.61 Å². The van der Waals surface area contributed by atoms with Crippen LogP contribution in [0.25, 0.3) is 0 Å². The van der Waals surface area contributed by atoms with E-state index in [4.69, 9.17) is 9.94 Å². The minimum absolute atomic E-state index is 0.0492. The van der Waals surface area contributed by atoms with E-state index in [2.05, 4.69) is 10.1 Å². The van der Waals surface area contributed by atoms with Crippen molar-refractivity contribution in [3.63, 3.8) is 0 Å². The SMILES string of the molecule is O=Cc1cc(/C(=N\OCCCCC(=O)O)c2cccnc2)ccc1[N+](=O)[O-]. The zero-order valence-corrected chi connectivity index (χ0v) is 14.3. The van der Waals surface area contributed by atoms with E-state index in [1.807, 2.05) is 0 Å². The summed E-state index contributed by atoms with van der Waals surface area (Å²) in [5, 5.41) is 23.7. The fourth-order valence-corrected chi connectivity index (χ4v) is 2.29. The number of hydrogen-bond acceptors (Lipinski definition) is 7. The number of nitrogens with zero attached hydrogens (tertiary/aromatic N) is 3. The molecule has 9 nitrogen and oxygen atoms in total. The molecule has 0 aliphatic rings. The smallest absolute Gasteiger partial charge is 0.303 e. The van der Waals surface area contributed by atoms with Crippen LogP contribution in [0.15, 0.2) is 47.9 Å². The number of aldehydes is 1. The van der Waals surface area contributed by atoms with Crippen LogP contribution in [-0.4, -0.2) is 39.6 Å². The van der Waals surface area contributed by atoms with Crippen molar-refractivity contribution in [2.45, 2.75) is 19.3 Å². The normalized spacial score (nSPS) is 11.0. The van der Waals surface area contributed by atoms with Gasteiger partial charge in [0.25, 0.3) is 5.69 Å². The van der Waals surface area contributed by atoms with Gasteiger partial charge in [-0.2, -0.15) is 0 Å². The maximum atomic E-state index is 11.2. The van der Waals surface area contributed by atoms with E-state index in [-0.39, 0.29) is 24.3 Å². The maximum Gasteiger partial charge on any atom is 0.303 e. The molecule has 0 fully saturated rings. The number of rotatable bonds is 10. The number of benzene rings is 1. The Bertz CT molecular complexity index is 851. The second-order valence-electron chi connectivity index (χ2n) is 5.51. The quantitative estimate of drug-likeness (QED) is 0.223. The molecule has 0 saturated carbocycles. The van der Waals surface area contributed by atoms with Crippen molar-refractivity contribution in [3.05, 3.63) is 69.5 Å². The molecule has 2 aromatic rings. The van der Waals surface area contributed by atoms with E-state index >= 15 is 0 Å². The third kappa shape index (κ3) is 5.70. The fourth-order valence-electron chi connectivity index (χ4n) is 2.29. The Hall–Kier alpha value is -3.62. The highest BCUT2D eigenvalue weighted by Crippen LogP contribution is 2.20. The number of carbonyl (C=O) groups is 2. The lowest BCUT2D eigenvalue weighted by Gasteiger charge is -2.08. The number of unbranched alkanes of at least 4 members (excludes halogenated alkanes) is 1. The molecule has 0 aliphatic heterocycles. The molecule has 0 aliphatic carbocycles. The average molecular weight is 371 g/mol. The molecule has 0 atom stereocenters. The van der Waals surface area contributed by atoms with Crippen molar-refractivity contribution in [3.8, 4) is 0 Å². The number of hydrogen-bond donors (Lipinski definition) is 1. The molecule has 140 valence electrons. The first-order chi connectivity index (χ1) is 13.0. The molecule has 1 aromatic carbocycles. The van der Waals surface area contributed by atoms with Crippen LogP contribution >= 0.6 is 0 Å². The Morgan fingerprint density at radius 2 is 2.11 bits per heavy atom. The summed E-state index contributed by atoms with van der Waals surface area (Å²) in [6, 6.07) is 7.51. The third-order valence-corrected chi connectivity index (χ3v) is 3.59. The number of carbonyl (C=O) groups excluding carboxylic acids is 1. The van der Waals surface area contributed by atoms with Gasteiger partial charge in [0.1, 0.15) is 12.3 Å². The molecule has 1 N–H and O–H groups in total. The Labute approximate surface area is 154 Å². The van der Waals surface area contributed by atoms with Gasteiger partial charge in [-0.3, -0.25) is 24.7 Å². The van der Waals surface area contributed by atoms with E-state index in [0.717, 1.165) is 0 Å². The van der Waals surface area contributed by atoms with E-state index in [0.29, 0.717) is 36.0 Å². The summed E-state index contributed by atoms with van der Waals surface area (Å²) >= 11 is 0. The van der Waals surface area contributed by atoms with E-state index in [1.54, 1.807) is 24.5 Å². The number of nitro groups is 1. The highest BCUT2D eigenvalue weighted by atomic mass is 16.6. The van der Waals surface area contributed by atoms with Crippen molar-refractivity contribution < 1.29 is 24.5 Å². The number of nitro benzene ring substituents is 1. The van der Waals surface area contributed by atoms with Gasteiger partial charge in [-0.05, 0) is 37.1 Å². The van der Waals surface area contributed by atoms with Crippen LogP contribution in [0.2, 0.25) is 0 Å². The zero-order valence-electron chi connectivity index (χ0n) is 14.3. The van der Waals surface area contributed by atoms with Crippen LogP contribution < -0.4 is 0 Å². The van der Waals surface area contributed by atoms with Crippen LogP contribution in [0.3, 0.4) is 0 Å². The lowest BCUT2D eigenvalue weighted by Crippen LogP contribution is -2.07. The molecule has 0 unspecified atom stereocenters. The van der Waals surface area contributed by atoms with Gasteiger partial charge in [-0.1, -0.05) is 5.16 Å². The van der Waals surface area contributed by atoms with Crippen molar-refractivity contribution in [2.24, 2.45) is 5.16 Å². The minimum Gasteiger partial charge on any atom is -0.481 e. The molecule has 2 rings (SSSR count). The Morgan fingerprint density at radius 3 is 2.74 bits per heavy atom. The number of pyridine rings is 1. The van der Waals surface area contributed by atoms with Gasteiger partial charge in [-0.15, -0.1) is 0 Å². The van der Waals surface area contributed by atoms with Gasteiger partial charge >= 0.3 is 5.97 Å². The fraction of sp³-hybridized carbons (Fsp3) is 0.222. The van der Waals surface area contributed by atoms with Crippen LogP contribution in [0.5, 0.6) is 0 Å². The van der Waals surface area contributed by atoms with Crippen LogP contribution in [0.1, 0.15) is 40.7 Å². The van der Waals surface area contributed by atoms with Gasteiger partial charge < -0.3 is 9.94 Å². The predicted molar refractivity (Wildman–Crippen MR) is 95.8 cm³/mol.